The number of hydrogen-bond donors (Lipinski definition) is 0. The van der Waals surface area contributed by atoms with Gasteiger partial charge in [0.15, 0.2) is 0 Å². The van der Waals surface area contributed by atoms with Crippen molar-refractivity contribution in [3.05, 3.63) is 23.8 Å². The maximum Gasteiger partial charge on any atom is 0.0602 e. The monoisotopic (exact) mass is 186 g/mol. The van der Waals surface area contributed by atoms with Gasteiger partial charge in [-0.2, -0.15) is 0 Å². The molecular weight excluding hydrogens is 172 g/mol. The zero-order valence-corrected chi connectivity index (χ0v) is 8.18. The molecule has 12 heavy (non-hydrogen) atoms. The lowest BCUT2D eigenvalue weighted by molar-refractivity contribution is 0.126. The first-order chi connectivity index (χ1) is 5.83. The molecule has 0 aromatic carbocycles. The predicted molar refractivity (Wildman–Crippen MR) is 52.5 cm³/mol. The van der Waals surface area contributed by atoms with E-state index in [2.05, 4.69) is 25.2 Å². The van der Waals surface area contributed by atoms with E-state index in [1.54, 1.807) is 0 Å². The van der Waals surface area contributed by atoms with E-state index in [9.17, 15) is 0 Å². The Morgan fingerprint density at radius 3 is 3.08 bits per heavy atom. The van der Waals surface area contributed by atoms with Gasteiger partial charge >= 0.3 is 0 Å². The summed E-state index contributed by atoms with van der Waals surface area (Å²) in [6, 6.07) is 0. The third-order valence-electron chi connectivity index (χ3n) is 1.93. The summed E-state index contributed by atoms with van der Waals surface area (Å²) in [6.45, 7) is 3.58. The minimum absolute atomic E-state index is 0.553. The Balaban J connectivity index is 2.16. The number of allylic oxidation sites excluding steroid dienone is 3. The zero-order valence-electron chi connectivity index (χ0n) is 7.42. The Labute approximate surface area is 79.1 Å². The Kier molecular flexibility index (Phi) is 4.41. The van der Waals surface area contributed by atoms with Crippen molar-refractivity contribution in [2.24, 2.45) is 5.92 Å². The van der Waals surface area contributed by atoms with Gasteiger partial charge in [-0.05, 0) is 13.3 Å². The van der Waals surface area contributed by atoms with E-state index < -0.39 is 0 Å². The van der Waals surface area contributed by atoms with Crippen LogP contribution < -0.4 is 0 Å². The largest absolute Gasteiger partial charge is 0.380 e. The van der Waals surface area contributed by atoms with E-state index in [1.807, 2.05) is 0 Å². The minimum Gasteiger partial charge on any atom is -0.380 e. The van der Waals surface area contributed by atoms with Gasteiger partial charge in [-0.3, -0.25) is 0 Å². The summed E-state index contributed by atoms with van der Waals surface area (Å²) in [4.78, 5) is 0. The van der Waals surface area contributed by atoms with E-state index in [4.69, 9.17) is 16.3 Å². The molecule has 1 aliphatic rings. The standard InChI is InChI=1S/C10H15ClO/c1-9-2-4-10(5-3-9)8-12-7-6-11/h2-4,10H,5-8H2,1H3. The van der Waals surface area contributed by atoms with Gasteiger partial charge in [-0.15, -0.1) is 11.6 Å². The van der Waals surface area contributed by atoms with Crippen LogP contribution in [0.3, 0.4) is 0 Å². The number of halogens is 1. The van der Waals surface area contributed by atoms with Crippen LogP contribution in [0.4, 0.5) is 0 Å². The van der Waals surface area contributed by atoms with Crippen molar-refractivity contribution in [3.63, 3.8) is 0 Å². The molecule has 68 valence electrons. The molecule has 1 atom stereocenters. The van der Waals surface area contributed by atoms with Crippen molar-refractivity contribution >= 4 is 11.6 Å². The summed E-state index contributed by atoms with van der Waals surface area (Å²) >= 11 is 5.49. The molecule has 0 heterocycles. The van der Waals surface area contributed by atoms with Crippen molar-refractivity contribution in [1.82, 2.24) is 0 Å². The maximum atomic E-state index is 5.49. The summed E-state index contributed by atoms with van der Waals surface area (Å²) in [7, 11) is 0. The fourth-order valence-corrected chi connectivity index (χ4v) is 1.29. The van der Waals surface area contributed by atoms with Gasteiger partial charge in [0.05, 0.1) is 13.2 Å². The van der Waals surface area contributed by atoms with E-state index >= 15 is 0 Å². The molecule has 0 saturated carbocycles. The van der Waals surface area contributed by atoms with Gasteiger partial charge in [-0.1, -0.05) is 23.8 Å². The number of rotatable bonds is 4. The molecule has 1 nitrogen and oxygen atoms in total. The fourth-order valence-electron chi connectivity index (χ4n) is 1.18. The topological polar surface area (TPSA) is 9.23 Å². The van der Waals surface area contributed by atoms with Gasteiger partial charge in [0.25, 0.3) is 0 Å². The molecule has 0 saturated heterocycles. The average molecular weight is 187 g/mol. The number of alkyl halides is 1. The Morgan fingerprint density at radius 2 is 2.50 bits per heavy atom. The lowest BCUT2D eigenvalue weighted by Crippen LogP contribution is -2.09. The second kappa shape index (κ2) is 5.39. The second-order valence-electron chi connectivity index (χ2n) is 3.07. The smallest absolute Gasteiger partial charge is 0.0602 e. The first kappa shape index (κ1) is 9.82. The molecular formula is C10H15ClO. The van der Waals surface area contributed by atoms with Gasteiger partial charge in [0, 0.05) is 11.8 Å². The predicted octanol–water partition coefficient (Wildman–Crippen LogP) is 2.76. The first-order valence-electron chi connectivity index (χ1n) is 4.31. The van der Waals surface area contributed by atoms with Crippen LogP contribution in [0.2, 0.25) is 0 Å². The van der Waals surface area contributed by atoms with E-state index in [0.717, 1.165) is 13.0 Å². The van der Waals surface area contributed by atoms with Crippen LogP contribution in [-0.2, 0) is 4.74 Å². The van der Waals surface area contributed by atoms with Gasteiger partial charge in [0.2, 0.25) is 0 Å². The highest BCUT2D eigenvalue weighted by Crippen LogP contribution is 2.15. The lowest BCUT2D eigenvalue weighted by atomic mass is 9.98. The summed E-state index contributed by atoms with van der Waals surface area (Å²) in [5, 5.41) is 0. The summed E-state index contributed by atoms with van der Waals surface area (Å²) in [6.07, 6.45) is 7.71. The minimum atomic E-state index is 0.553. The molecule has 0 amide bonds. The zero-order chi connectivity index (χ0) is 8.81. The Hall–Kier alpha value is -0.270. The SMILES string of the molecule is CC1=CCC(COCCCl)C=C1. The molecule has 1 unspecified atom stereocenters. The van der Waals surface area contributed by atoms with Crippen LogP contribution in [0.25, 0.3) is 0 Å². The maximum absolute atomic E-state index is 5.49. The molecule has 0 radical (unpaired) electrons. The van der Waals surface area contributed by atoms with E-state index in [-0.39, 0.29) is 0 Å². The van der Waals surface area contributed by atoms with Crippen molar-refractivity contribution in [3.8, 4) is 0 Å². The molecule has 0 fully saturated rings. The van der Waals surface area contributed by atoms with Crippen LogP contribution in [-0.4, -0.2) is 19.1 Å². The number of ether oxygens (including phenoxy) is 1. The van der Waals surface area contributed by atoms with Crippen molar-refractivity contribution in [2.45, 2.75) is 13.3 Å². The molecule has 0 bridgehead atoms. The van der Waals surface area contributed by atoms with Crippen molar-refractivity contribution in [1.29, 1.82) is 0 Å². The molecule has 0 N–H and O–H groups in total. The van der Waals surface area contributed by atoms with Crippen molar-refractivity contribution < 1.29 is 4.74 Å². The quantitative estimate of drug-likeness (QED) is 0.485. The van der Waals surface area contributed by atoms with Crippen molar-refractivity contribution in [2.75, 3.05) is 19.1 Å². The van der Waals surface area contributed by atoms with Crippen LogP contribution >= 0.6 is 11.6 Å². The van der Waals surface area contributed by atoms with Crippen LogP contribution in [0, 0.1) is 5.92 Å². The van der Waals surface area contributed by atoms with E-state index in [1.165, 1.54) is 5.57 Å². The van der Waals surface area contributed by atoms with Gasteiger partial charge in [0.1, 0.15) is 0 Å². The molecule has 1 aliphatic carbocycles. The Bertz CT molecular complexity index is 184. The molecule has 0 aromatic heterocycles. The third kappa shape index (κ3) is 3.42. The van der Waals surface area contributed by atoms with Gasteiger partial charge < -0.3 is 4.74 Å². The lowest BCUT2D eigenvalue weighted by Gasteiger charge is -2.14. The molecule has 0 spiro atoms. The normalized spacial score (nSPS) is 22.5. The van der Waals surface area contributed by atoms with Crippen LogP contribution in [0.1, 0.15) is 13.3 Å². The second-order valence-corrected chi connectivity index (χ2v) is 3.44. The highest BCUT2D eigenvalue weighted by Gasteiger charge is 2.06. The Morgan fingerprint density at radius 1 is 1.67 bits per heavy atom. The molecule has 2 heteroatoms. The third-order valence-corrected chi connectivity index (χ3v) is 2.08. The molecule has 0 aromatic rings. The molecule has 1 rings (SSSR count). The molecule has 0 aliphatic heterocycles. The summed E-state index contributed by atoms with van der Waals surface area (Å²) in [5.41, 5.74) is 1.35. The summed E-state index contributed by atoms with van der Waals surface area (Å²) in [5.74, 6) is 1.14. The van der Waals surface area contributed by atoms with Gasteiger partial charge in [-0.25, -0.2) is 0 Å². The average Bonchev–Trinajstić information content (AvgIpc) is 2.09. The fraction of sp³-hybridized carbons (Fsp3) is 0.600. The highest BCUT2D eigenvalue weighted by atomic mass is 35.5. The van der Waals surface area contributed by atoms with Crippen LogP contribution in [0.5, 0.6) is 0 Å². The first-order valence-corrected chi connectivity index (χ1v) is 4.85. The van der Waals surface area contributed by atoms with Crippen LogP contribution in [0.15, 0.2) is 23.8 Å². The van der Waals surface area contributed by atoms with E-state index in [0.29, 0.717) is 18.4 Å². The summed E-state index contributed by atoms with van der Waals surface area (Å²) < 4.78 is 5.35. The highest BCUT2D eigenvalue weighted by molar-refractivity contribution is 6.17. The number of hydrogen-bond acceptors (Lipinski definition) is 1.